The Bertz CT molecular complexity index is 854. The number of aryl methyl sites for hydroxylation is 1. The molecule has 0 aromatic heterocycles. The van der Waals surface area contributed by atoms with Crippen molar-refractivity contribution in [3.05, 3.63) is 65.5 Å². The average Bonchev–Trinajstić information content (AvgIpc) is 2.69. The SMILES string of the molecule is Cc1ccc(SCC(=O)NNC(=O)[C@@H](NC(=O)c2ccc(F)cc2)C(C)C)cc1. The van der Waals surface area contributed by atoms with Crippen molar-refractivity contribution < 1.29 is 18.8 Å². The summed E-state index contributed by atoms with van der Waals surface area (Å²) in [5.74, 6) is -1.94. The van der Waals surface area contributed by atoms with E-state index in [1.54, 1.807) is 13.8 Å². The summed E-state index contributed by atoms with van der Waals surface area (Å²) < 4.78 is 13.0. The Kier molecular flexibility index (Phi) is 8.21. The minimum absolute atomic E-state index is 0.137. The summed E-state index contributed by atoms with van der Waals surface area (Å²) in [5.41, 5.74) is 6.08. The van der Waals surface area contributed by atoms with Crippen LogP contribution in [0, 0.1) is 18.7 Å². The zero-order valence-corrected chi connectivity index (χ0v) is 17.3. The zero-order valence-electron chi connectivity index (χ0n) is 16.5. The van der Waals surface area contributed by atoms with Crippen LogP contribution in [0.15, 0.2) is 53.4 Å². The van der Waals surface area contributed by atoms with Crippen molar-refractivity contribution in [3.63, 3.8) is 0 Å². The quantitative estimate of drug-likeness (QED) is 0.478. The highest BCUT2D eigenvalue weighted by Gasteiger charge is 2.25. The molecular weight excluding hydrogens is 393 g/mol. The minimum atomic E-state index is -0.863. The Hall–Kier alpha value is -2.87. The van der Waals surface area contributed by atoms with Crippen molar-refractivity contribution in [1.82, 2.24) is 16.2 Å². The van der Waals surface area contributed by atoms with Gasteiger partial charge in [-0.25, -0.2) is 4.39 Å². The van der Waals surface area contributed by atoms with Gasteiger partial charge in [-0.15, -0.1) is 11.8 Å². The van der Waals surface area contributed by atoms with Crippen molar-refractivity contribution in [2.24, 2.45) is 5.92 Å². The number of halogens is 1. The molecule has 0 heterocycles. The van der Waals surface area contributed by atoms with Crippen LogP contribution >= 0.6 is 11.8 Å². The zero-order chi connectivity index (χ0) is 21.4. The smallest absolute Gasteiger partial charge is 0.261 e. The number of hydrazine groups is 1. The van der Waals surface area contributed by atoms with Crippen molar-refractivity contribution in [3.8, 4) is 0 Å². The Morgan fingerprint density at radius 1 is 0.966 bits per heavy atom. The lowest BCUT2D eigenvalue weighted by Crippen LogP contribution is -2.54. The molecule has 0 saturated carbocycles. The molecule has 0 radical (unpaired) electrons. The molecule has 2 rings (SSSR count). The summed E-state index contributed by atoms with van der Waals surface area (Å²) in [7, 11) is 0. The van der Waals surface area contributed by atoms with Crippen LogP contribution < -0.4 is 16.2 Å². The van der Waals surface area contributed by atoms with Gasteiger partial charge in [-0.05, 0) is 49.2 Å². The molecule has 0 spiro atoms. The molecule has 154 valence electrons. The van der Waals surface area contributed by atoms with Gasteiger partial charge in [0.25, 0.3) is 11.8 Å². The number of carbonyl (C=O) groups is 3. The highest BCUT2D eigenvalue weighted by Crippen LogP contribution is 2.17. The van der Waals surface area contributed by atoms with Gasteiger partial charge in [-0.1, -0.05) is 31.5 Å². The molecule has 3 N–H and O–H groups in total. The van der Waals surface area contributed by atoms with E-state index in [-0.39, 0.29) is 23.1 Å². The van der Waals surface area contributed by atoms with E-state index in [1.807, 2.05) is 31.2 Å². The van der Waals surface area contributed by atoms with E-state index >= 15 is 0 Å². The van der Waals surface area contributed by atoms with Crippen molar-refractivity contribution in [2.45, 2.75) is 31.7 Å². The Labute approximate surface area is 173 Å². The molecule has 0 aliphatic carbocycles. The highest BCUT2D eigenvalue weighted by molar-refractivity contribution is 8.00. The third-order valence-electron chi connectivity index (χ3n) is 4.06. The number of nitrogens with one attached hydrogen (secondary N) is 3. The van der Waals surface area contributed by atoms with Crippen LogP contribution in [0.5, 0.6) is 0 Å². The summed E-state index contributed by atoms with van der Waals surface area (Å²) in [6, 6.07) is 11.9. The summed E-state index contributed by atoms with van der Waals surface area (Å²) >= 11 is 1.35. The Morgan fingerprint density at radius 2 is 1.59 bits per heavy atom. The monoisotopic (exact) mass is 417 g/mol. The molecule has 2 aromatic carbocycles. The first-order chi connectivity index (χ1) is 13.8. The average molecular weight is 418 g/mol. The summed E-state index contributed by atoms with van der Waals surface area (Å²) in [6.07, 6.45) is 0. The van der Waals surface area contributed by atoms with E-state index in [2.05, 4.69) is 16.2 Å². The molecule has 29 heavy (non-hydrogen) atoms. The van der Waals surface area contributed by atoms with E-state index in [4.69, 9.17) is 0 Å². The maximum Gasteiger partial charge on any atom is 0.261 e. The molecule has 8 heteroatoms. The maximum atomic E-state index is 13.0. The first-order valence-corrected chi connectivity index (χ1v) is 10.1. The van der Waals surface area contributed by atoms with E-state index in [0.717, 1.165) is 10.5 Å². The summed E-state index contributed by atoms with van der Waals surface area (Å²) in [6.45, 7) is 5.52. The number of thioether (sulfide) groups is 1. The van der Waals surface area contributed by atoms with E-state index in [1.165, 1.54) is 36.0 Å². The molecule has 0 unspecified atom stereocenters. The lowest BCUT2D eigenvalue weighted by Gasteiger charge is -2.21. The van der Waals surface area contributed by atoms with Gasteiger partial charge in [0.15, 0.2) is 0 Å². The molecule has 0 aliphatic rings. The fourth-order valence-electron chi connectivity index (χ4n) is 2.39. The minimum Gasteiger partial charge on any atom is -0.340 e. The number of benzene rings is 2. The van der Waals surface area contributed by atoms with Gasteiger partial charge in [0.05, 0.1) is 5.75 Å². The Balaban J connectivity index is 1.85. The molecule has 6 nitrogen and oxygen atoms in total. The molecule has 2 aromatic rings. The van der Waals surface area contributed by atoms with Gasteiger partial charge in [0.2, 0.25) is 5.91 Å². The van der Waals surface area contributed by atoms with Crippen LogP contribution in [0.3, 0.4) is 0 Å². The predicted molar refractivity (Wildman–Crippen MR) is 111 cm³/mol. The van der Waals surface area contributed by atoms with Crippen molar-refractivity contribution >= 4 is 29.5 Å². The number of hydrogen-bond donors (Lipinski definition) is 3. The van der Waals surface area contributed by atoms with Crippen LogP contribution in [0.2, 0.25) is 0 Å². The molecule has 0 bridgehead atoms. The van der Waals surface area contributed by atoms with Gasteiger partial charge in [-0.3, -0.25) is 25.2 Å². The van der Waals surface area contributed by atoms with Gasteiger partial charge in [0, 0.05) is 10.5 Å². The molecule has 0 aliphatic heterocycles. The molecular formula is C21H24FN3O3S. The standard InChI is InChI=1S/C21H24FN3O3S/c1-13(2)19(23-20(27)15-6-8-16(22)9-7-15)21(28)25-24-18(26)12-29-17-10-4-14(3)5-11-17/h4-11,13,19H,12H2,1-3H3,(H,23,27)(H,24,26)(H,25,28)/t19-/m0/s1. The van der Waals surface area contributed by atoms with E-state index in [9.17, 15) is 18.8 Å². The van der Waals surface area contributed by atoms with Crippen LogP contribution in [-0.4, -0.2) is 29.5 Å². The predicted octanol–water partition coefficient (Wildman–Crippen LogP) is 2.83. The second-order valence-electron chi connectivity index (χ2n) is 6.84. The fraction of sp³-hybridized carbons (Fsp3) is 0.286. The lowest BCUT2D eigenvalue weighted by molar-refractivity contribution is -0.129. The fourth-order valence-corrected chi connectivity index (χ4v) is 3.09. The number of carbonyl (C=O) groups excluding carboxylic acids is 3. The third-order valence-corrected chi connectivity index (χ3v) is 5.07. The number of amides is 3. The number of hydrogen-bond acceptors (Lipinski definition) is 4. The molecule has 0 saturated heterocycles. The topological polar surface area (TPSA) is 87.3 Å². The number of rotatable bonds is 7. The van der Waals surface area contributed by atoms with Crippen molar-refractivity contribution in [1.29, 1.82) is 0 Å². The molecule has 3 amide bonds. The maximum absolute atomic E-state index is 13.0. The highest BCUT2D eigenvalue weighted by atomic mass is 32.2. The first kappa shape index (κ1) is 22.4. The van der Waals surface area contributed by atoms with Crippen LogP contribution in [-0.2, 0) is 9.59 Å². The Morgan fingerprint density at radius 3 is 2.17 bits per heavy atom. The van der Waals surface area contributed by atoms with E-state index in [0.29, 0.717) is 0 Å². The van der Waals surface area contributed by atoms with Crippen LogP contribution in [0.1, 0.15) is 29.8 Å². The normalized spacial score (nSPS) is 11.6. The summed E-state index contributed by atoms with van der Waals surface area (Å²) in [5, 5.41) is 2.61. The van der Waals surface area contributed by atoms with E-state index < -0.39 is 23.7 Å². The van der Waals surface area contributed by atoms with Crippen LogP contribution in [0.25, 0.3) is 0 Å². The third kappa shape index (κ3) is 7.23. The van der Waals surface area contributed by atoms with Gasteiger partial charge in [-0.2, -0.15) is 0 Å². The first-order valence-electron chi connectivity index (χ1n) is 9.11. The van der Waals surface area contributed by atoms with Gasteiger partial charge in [0.1, 0.15) is 11.9 Å². The largest absolute Gasteiger partial charge is 0.340 e. The second kappa shape index (κ2) is 10.6. The lowest BCUT2D eigenvalue weighted by atomic mass is 10.0. The van der Waals surface area contributed by atoms with Crippen LogP contribution in [0.4, 0.5) is 4.39 Å². The molecule has 0 fully saturated rings. The van der Waals surface area contributed by atoms with Gasteiger partial charge >= 0.3 is 0 Å². The second-order valence-corrected chi connectivity index (χ2v) is 7.89. The van der Waals surface area contributed by atoms with Crippen molar-refractivity contribution in [2.75, 3.05) is 5.75 Å². The summed E-state index contributed by atoms with van der Waals surface area (Å²) in [4.78, 5) is 37.6. The van der Waals surface area contributed by atoms with Gasteiger partial charge < -0.3 is 5.32 Å². The molecule has 1 atom stereocenters.